The Morgan fingerprint density at radius 1 is 1.00 bits per heavy atom. The van der Waals surface area contributed by atoms with Gasteiger partial charge in [-0.25, -0.2) is 0 Å². The first-order valence-corrected chi connectivity index (χ1v) is 6.89. The van der Waals surface area contributed by atoms with E-state index in [1.807, 2.05) is 36.3 Å². The van der Waals surface area contributed by atoms with Crippen molar-refractivity contribution in [1.82, 2.24) is 0 Å². The molecule has 0 aromatic heterocycles. The van der Waals surface area contributed by atoms with Crippen LogP contribution in [0.3, 0.4) is 0 Å². The van der Waals surface area contributed by atoms with E-state index in [4.69, 9.17) is 9.31 Å². The monoisotopic (exact) mass is 308 g/mol. The molecule has 0 unspecified atom stereocenters. The van der Waals surface area contributed by atoms with Gasteiger partial charge < -0.3 is 9.31 Å². The van der Waals surface area contributed by atoms with Crippen LogP contribution in [0.25, 0.3) is 6.08 Å². The van der Waals surface area contributed by atoms with Crippen LogP contribution in [0.15, 0.2) is 34.7 Å². The molecule has 0 amide bonds. The lowest BCUT2D eigenvalue weighted by molar-refractivity contribution is 0.00578. The SMILES string of the molecule is CC1(C)OB(C=Cc2ccc(Br)cc2)OC1(C)C. The summed E-state index contributed by atoms with van der Waals surface area (Å²) >= 11 is 3.42. The molecule has 0 radical (unpaired) electrons. The molecule has 0 saturated carbocycles. The first-order chi connectivity index (χ1) is 8.30. The Morgan fingerprint density at radius 2 is 1.50 bits per heavy atom. The molecule has 1 aromatic carbocycles. The van der Waals surface area contributed by atoms with Crippen LogP contribution < -0.4 is 0 Å². The first kappa shape index (κ1) is 13.8. The summed E-state index contributed by atoms with van der Waals surface area (Å²) in [6, 6.07) is 8.13. The number of halogens is 1. The van der Waals surface area contributed by atoms with Gasteiger partial charge in [0.25, 0.3) is 0 Å². The average molecular weight is 309 g/mol. The molecule has 0 spiro atoms. The Morgan fingerprint density at radius 3 is 2.00 bits per heavy atom. The van der Waals surface area contributed by atoms with Gasteiger partial charge in [0, 0.05) is 4.47 Å². The van der Waals surface area contributed by atoms with Crippen LogP contribution in [0.4, 0.5) is 0 Å². The Bertz CT molecular complexity index is 435. The molecule has 1 aliphatic rings. The van der Waals surface area contributed by atoms with E-state index >= 15 is 0 Å². The summed E-state index contributed by atoms with van der Waals surface area (Å²) in [5, 5.41) is 0. The van der Waals surface area contributed by atoms with Gasteiger partial charge >= 0.3 is 7.12 Å². The van der Waals surface area contributed by atoms with Gasteiger partial charge in [-0.15, -0.1) is 0 Å². The van der Waals surface area contributed by atoms with E-state index in [0.717, 1.165) is 10.0 Å². The molecule has 1 saturated heterocycles. The van der Waals surface area contributed by atoms with Gasteiger partial charge in [-0.05, 0) is 45.4 Å². The van der Waals surface area contributed by atoms with Crippen molar-refractivity contribution in [3.8, 4) is 0 Å². The van der Waals surface area contributed by atoms with Crippen molar-refractivity contribution < 1.29 is 9.31 Å². The van der Waals surface area contributed by atoms with Gasteiger partial charge in [-0.2, -0.15) is 0 Å². The highest BCUT2D eigenvalue weighted by Crippen LogP contribution is 2.37. The van der Waals surface area contributed by atoms with Gasteiger partial charge in [0.05, 0.1) is 11.2 Å². The van der Waals surface area contributed by atoms with Crippen LogP contribution >= 0.6 is 15.9 Å². The molecule has 4 heteroatoms. The van der Waals surface area contributed by atoms with Crippen LogP contribution in [0, 0.1) is 0 Å². The van der Waals surface area contributed by atoms with E-state index in [9.17, 15) is 0 Å². The molecular weight excluding hydrogens is 291 g/mol. The van der Waals surface area contributed by atoms with E-state index in [1.54, 1.807) is 0 Å². The first-order valence-electron chi connectivity index (χ1n) is 6.10. The lowest BCUT2D eigenvalue weighted by Crippen LogP contribution is -2.41. The van der Waals surface area contributed by atoms with Gasteiger partial charge in [0.15, 0.2) is 0 Å². The second kappa shape index (κ2) is 4.84. The molecule has 1 aromatic rings. The highest BCUT2D eigenvalue weighted by Gasteiger charge is 2.49. The summed E-state index contributed by atoms with van der Waals surface area (Å²) < 4.78 is 12.9. The van der Waals surface area contributed by atoms with E-state index in [0.29, 0.717) is 0 Å². The van der Waals surface area contributed by atoms with Crippen molar-refractivity contribution in [1.29, 1.82) is 0 Å². The zero-order chi connectivity index (χ0) is 13.4. The molecule has 96 valence electrons. The molecule has 18 heavy (non-hydrogen) atoms. The van der Waals surface area contributed by atoms with Crippen LogP contribution in [0.5, 0.6) is 0 Å². The maximum atomic E-state index is 5.89. The highest BCUT2D eigenvalue weighted by molar-refractivity contribution is 9.10. The highest BCUT2D eigenvalue weighted by atomic mass is 79.9. The minimum absolute atomic E-state index is 0.276. The van der Waals surface area contributed by atoms with Crippen LogP contribution in [0.2, 0.25) is 0 Å². The zero-order valence-corrected chi connectivity index (χ0v) is 12.8. The van der Waals surface area contributed by atoms with Crippen molar-refractivity contribution in [2.45, 2.75) is 38.9 Å². The molecule has 1 fully saturated rings. The molecule has 1 heterocycles. The third-order valence-corrected chi connectivity index (χ3v) is 4.12. The summed E-state index contributed by atoms with van der Waals surface area (Å²) in [4.78, 5) is 0. The van der Waals surface area contributed by atoms with Crippen LogP contribution in [0.1, 0.15) is 33.3 Å². The van der Waals surface area contributed by atoms with Gasteiger partial charge in [-0.3, -0.25) is 0 Å². The van der Waals surface area contributed by atoms with Gasteiger partial charge in [0.2, 0.25) is 0 Å². The molecule has 1 aliphatic heterocycles. The number of benzene rings is 1. The molecule has 0 atom stereocenters. The summed E-state index contributed by atoms with van der Waals surface area (Å²) in [7, 11) is -0.279. The van der Waals surface area contributed by atoms with E-state index in [-0.39, 0.29) is 18.3 Å². The number of rotatable bonds is 2. The van der Waals surface area contributed by atoms with Crippen molar-refractivity contribution in [3.63, 3.8) is 0 Å². The van der Waals surface area contributed by atoms with Crippen molar-refractivity contribution in [2.24, 2.45) is 0 Å². The maximum absolute atomic E-state index is 5.89. The lowest BCUT2D eigenvalue weighted by Gasteiger charge is -2.32. The fraction of sp³-hybridized carbons (Fsp3) is 0.429. The molecule has 2 rings (SSSR count). The summed E-state index contributed by atoms with van der Waals surface area (Å²) in [5.74, 6) is 1.96. The van der Waals surface area contributed by atoms with Gasteiger partial charge in [-0.1, -0.05) is 40.1 Å². The maximum Gasteiger partial charge on any atom is 0.487 e. The second-order valence-electron chi connectivity index (χ2n) is 5.54. The normalized spacial score (nSPS) is 21.7. The molecule has 0 bridgehead atoms. The third kappa shape index (κ3) is 2.87. The van der Waals surface area contributed by atoms with E-state index < -0.39 is 0 Å². The molecule has 0 N–H and O–H groups in total. The van der Waals surface area contributed by atoms with Gasteiger partial charge in [0.1, 0.15) is 0 Å². The topological polar surface area (TPSA) is 18.5 Å². The third-order valence-electron chi connectivity index (χ3n) is 3.59. The fourth-order valence-electron chi connectivity index (χ4n) is 1.73. The van der Waals surface area contributed by atoms with Crippen molar-refractivity contribution >= 4 is 29.1 Å². The predicted molar refractivity (Wildman–Crippen MR) is 79.3 cm³/mol. The Balaban J connectivity index is 2.06. The smallest absolute Gasteiger partial charge is 0.400 e. The fourth-order valence-corrected chi connectivity index (χ4v) is 2.00. The molecule has 0 aliphatic carbocycles. The largest absolute Gasteiger partial charge is 0.487 e. The average Bonchev–Trinajstić information content (AvgIpc) is 2.47. The zero-order valence-electron chi connectivity index (χ0n) is 11.2. The second-order valence-corrected chi connectivity index (χ2v) is 6.45. The minimum atomic E-state index is -0.279. The summed E-state index contributed by atoms with van der Waals surface area (Å²) in [6.07, 6.45) is 2.02. The Labute approximate surface area is 118 Å². The number of hydrogen-bond donors (Lipinski definition) is 0. The number of hydrogen-bond acceptors (Lipinski definition) is 2. The Kier molecular flexibility index (Phi) is 3.72. The van der Waals surface area contributed by atoms with Crippen LogP contribution in [-0.2, 0) is 9.31 Å². The quantitative estimate of drug-likeness (QED) is 0.766. The van der Waals surface area contributed by atoms with Crippen molar-refractivity contribution in [3.05, 3.63) is 40.3 Å². The minimum Gasteiger partial charge on any atom is -0.400 e. The van der Waals surface area contributed by atoms with Crippen molar-refractivity contribution in [2.75, 3.05) is 0 Å². The molecule has 2 nitrogen and oxygen atoms in total. The summed E-state index contributed by atoms with van der Waals surface area (Å²) in [6.45, 7) is 8.22. The van der Waals surface area contributed by atoms with E-state index in [1.165, 1.54) is 0 Å². The lowest BCUT2D eigenvalue weighted by atomic mass is 9.89. The van der Waals surface area contributed by atoms with E-state index in [2.05, 4.69) is 43.6 Å². The Hall–Kier alpha value is -0.575. The summed E-state index contributed by atoms with van der Waals surface area (Å²) in [5.41, 5.74) is 0.580. The predicted octanol–water partition coefficient (Wildman–Crippen LogP) is 4.09. The standard InChI is InChI=1S/C14H18BBrO2/c1-13(2)14(3,4)18-15(17-13)10-9-11-5-7-12(16)8-6-11/h5-10H,1-4H3. The molecular formula is C14H18BBrO2. The van der Waals surface area contributed by atoms with Crippen LogP contribution in [-0.4, -0.2) is 18.3 Å².